The number of hydrogen-bond acceptors (Lipinski definition) is 3. The molecular weight excluding hydrogens is 282 g/mol. The van der Waals surface area contributed by atoms with Crippen molar-refractivity contribution in [1.82, 2.24) is 9.88 Å². The van der Waals surface area contributed by atoms with Crippen molar-refractivity contribution in [3.05, 3.63) is 59.9 Å². The van der Waals surface area contributed by atoms with Crippen LogP contribution < -0.4 is 5.32 Å². The molecule has 0 amide bonds. The molecule has 23 heavy (non-hydrogen) atoms. The molecular formula is C20H27N3. The third-order valence-electron chi connectivity index (χ3n) is 4.58. The Labute approximate surface area is 139 Å². The van der Waals surface area contributed by atoms with Gasteiger partial charge in [0.2, 0.25) is 0 Å². The lowest BCUT2D eigenvalue weighted by Crippen LogP contribution is -2.41. The van der Waals surface area contributed by atoms with Crippen LogP contribution in [0.3, 0.4) is 0 Å². The molecule has 3 heteroatoms. The molecule has 2 heterocycles. The summed E-state index contributed by atoms with van der Waals surface area (Å²) in [5, 5.41) is 3.71. The highest BCUT2D eigenvalue weighted by molar-refractivity contribution is 5.46. The van der Waals surface area contributed by atoms with E-state index in [1.54, 1.807) is 0 Å². The second-order valence-corrected chi connectivity index (χ2v) is 6.86. The number of pyridine rings is 1. The van der Waals surface area contributed by atoms with Gasteiger partial charge in [-0.2, -0.15) is 0 Å². The fraction of sp³-hybridized carbons (Fsp3) is 0.450. The summed E-state index contributed by atoms with van der Waals surface area (Å²) in [5.74, 6) is 0.591. The molecule has 1 aliphatic heterocycles. The minimum absolute atomic E-state index is 0.533. The summed E-state index contributed by atoms with van der Waals surface area (Å²) in [6, 6.07) is 13.6. The first-order chi connectivity index (χ1) is 11.2. The van der Waals surface area contributed by atoms with Crippen LogP contribution in [0.25, 0.3) is 0 Å². The number of nitrogens with one attached hydrogen (secondary N) is 1. The lowest BCUT2D eigenvalue weighted by molar-refractivity contribution is 0.208. The van der Waals surface area contributed by atoms with E-state index >= 15 is 0 Å². The summed E-state index contributed by atoms with van der Waals surface area (Å²) in [6.07, 6.45) is 6.31. The molecule has 1 aromatic carbocycles. The molecule has 122 valence electrons. The maximum atomic E-state index is 4.22. The van der Waals surface area contributed by atoms with E-state index in [0.29, 0.717) is 12.0 Å². The van der Waals surface area contributed by atoms with Gasteiger partial charge in [0, 0.05) is 37.2 Å². The quantitative estimate of drug-likeness (QED) is 0.893. The normalized spacial score (nSPS) is 19.0. The van der Waals surface area contributed by atoms with Crippen molar-refractivity contribution in [2.24, 2.45) is 0 Å². The number of likely N-dealkylation sites (tertiary alicyclic amines) is 1. The Morgan fingerprint density at radius 3 is 2.74 bits per heavy atom. The predicted molar refractivity (Wildman–Crippen MR) is 96.7 cm³/mol. The van der Waals surface area contributed by atoms with Crippen molar-refractivity contribution in [2.75, 3.05) is 18.4 Å². The standard InChI is InChI=1S/C20H27N3/c1-16(2)18-7-9-19(10-8-18)22-20-6-4-12-23(15-20)14-17-5-3-11-21-13-17/h3,5,7-11,13,16,20,22H,4,6,12,14-15H2,1-2H3/t20-/m1/s1. The summed E-state index contributed by atoms with van der Waals surface area (Å²) in [7, 11) is 0. The van der Waals surface area contributed by atoms with Crippen molar-refractivity contribution in [3.8, 4) is 0 Å². The summed E-state index contributed by atoms with van der Waals surface area (Å²) in [5.41, 5.74) is 3.94. The molecule has 3 rings (SSSR count). The zero-order valence-corrected chi connectivity index (χ0v) is 14.2. The van der Waals surface area contributed by atoms with Gasteiger partial charge in [-0.15, -0.1) is 0 Å². The van der Waals surface area contributed by atoms with Crippen LogP contribution in [0.2, 0.25) is 0 Å². The molecule has 1 N–H and O–H groups in total. The van der Waals surface area contributed by atoms with Crippen molar-refractivity contribution in [2.45, 2.75) is 45.2 Å². The van der Waals surface area contributed by atoms with Gasteiger partial charge in [0.25, 0.3) is 0 Å². The average molecular weight is 309 g/mol. The van der Waals surface area contributed by atoms with Crippen LogP contribution in [0.5, 0.6) is 0 Å². The van der Waals surface area contributed by atoms with E-state index in [9.17, 15) is 0 Å². The van der Waals surface area contributed by atoms with E-state index < -0.39 is 0 Å². The van der Waals surface area contributed by atoms with Crippen LogP contribution in [0.15, 0.2) is 48.8 Å². The van der Waals surface area contributed by atoms with Crippen molar-refractivity contribution < 1.29 is 0 Å². The van der Waals surface area contributed by atoms with Gasteiger partial charge in [-0.05, 0) is 54.6 Å². The zero-order chi connectivity index (χ0) is 16.1. The Morgan fingerprint density at radius 1 is 1.22 bits per heavy atom. The Hall–Kier alpha value is -1.87. The first-order valence-electron chi connectivity index (χ1n) is 8.68. The van der Waals surface area contributed by atoms with E-state index in [1.807, 2.05) is 18.5 Å². The van der Waals surface area contributed by atoms with Gasteiger partial charge < -0.3 is 5.32 Å². The summed E-state index contributed by atoms with van der Waals surface area (Å²) < 4.78 is 0. The largest absolute Gasteiger partial charge is 0.381 e. The molecule has 0 saturated carbocycles. The molecule has 2 aromatic rings. The van der Waals surface area contributed by atoms with Gasteiger partial charge in [0.05, 0.1) is 0 Å². The van der Waals surface area contributed by atoms with Gasteiger partial charge in [-0.1, -0.05) is 32.0 Å². The maximum Gasteiger partial charge on any atom is 0.0389 e. The van der Waals surface area contributed by atoms with Crippen LogP contribution in [-0.2, 0) is 6.54 Å². The van der Waals surface area contributed by atoms with Gasteiger partial charge in [-0.25, -0.2) is 0 Å². The van der Waals surface area contributed by atoms with E-state index in [1.165, 1.54) is 36.2 Å². The molecule has 0 bridgehead atoms. The van der Waals surface area contributed by atoms with E-state index in [4.69, 9.17) is 0 Å². The Morgan fingerprint density at radius 2 is 2.04 bits per heavy atom. The van der Waals surface area contributed by atoms with Gasteiger partial charge >= 0.3 is 0 Å². The summed E-state index contributed by atoms with van der Waals surface area (Å²) >= 11 is 0. The van der Waals surface area contributed by atoms with Crippen molar-refractivity contribution in [3.63, 3.8) is 0 Å². The summed E-state index contributed by atoms with van der Waals surface area (Å²) in [6.45, 7) is 7.75. The number of anilines is 1. The second-order valence-electron chi connectivity index (χ2n) is 6.86. The third-order valence-corrected chi connectivity index (χ3v) is 4.58. The van der Waals surface area contributed by atoms with Gasteiger partial charge in [0.1, 0.15) is 0 Å². The lowest BCUT2D eigenvalue weighted by Gasteiger charge is -2.33. The number of hydrogen-bond donors (Lipinski definition) is 1. The number of nitrogens with zero attached hydrogens (tertiary/aromatic N) is 2. The van der Waals surface area contributed by atoms with Crippen LogP contribution in [0, 0.1) is 0 Å². The Balaban J connectivity index is 1.56. The van der Waals surface area contributed by atoms with Crippen LogP contribution in [0.4, 0.5) is 5.69 Å². The van der Waals surface area contributed by atoms with E-state index in [2.05, 4.69) is 59.4 Å². The van der Waals surface area contributed by atoms with E-state index in [0.717, 1.165) is 13.1 Å². The first-order valence-corrected chi connectivity index (χ1v) is 8.68. The van der Waals surface area contributed by atoms with Crippen molar-refractivity contribution >= 4 is 5.69 Å². The van der Waals surface area contributed by atoms with Crippen molar-refractivity contribution in [1.29, 1.82) is 0 Å². The molecule has 0 radical (unpaired) electrons. The highest BCUT2D eigenvalue weighted by Crippen LogP contribution is 2.20. The highest BCUT2D eigenvalue weighted by Gasteiger charge is 2.19. The molecule has 1 atom stereocenters. The SMILES string of the molecule is CC(C)c1ccc(N[C@@H]2CCCN(Cc3cccnc3)C2)cc1. The second kappa shape index (κ2) is 7.60. The van der Waals surface area contributed by atoms with Crippen LogP contribution in [0.1, 0.15) is 43.7 Å². The monoisotopic (exact) mass is 309 g/mol. The lowest BCUT2D eigenvalue weighted by atomic mass is 10.0. The first kappa shape index (κ1) is 16.0. The zero-order valence-electron chi connectivity index (χ0n) is 14.2. The number of benzene rings is 1. The fourth-order valence-corrected chi connectivity index (χ4v) is 3.27. The maximum absolute atomic E-state index is 4.22. The topological polar surface area (TPSA) is 28.2 Å². The smallest absolute Gasteiger partial charge is 0.0389 e. The molecule has 0 unspecified atom stereocenters. The number of piperidine rings is 1. The third kappa shape index (κ3) is 4.55. The summed E-state index contributed by atoms with van der Waals surface area (Å²) in [4.78, 5) is 6.75. The molecule has 1 aliphatic rings. The minimum Gasteiger partial charge on any atom is -0.381 e. The van der Waals surface area contributed by atoms with Crippen LogP contribution >= 0.6 is 0 Å². The molecule has 0 spiro atoms. The molecule has 1 saturated heterocycles. The van der Waals surface area contributed by atoms with Crippen LogP contribution in [-0.4, -0.2) is 29.0 Å². The highest BCUT2D eigenvalue weighted by atomic mass is 15.2. The predicted octanol–water partition coefficient (Wildman–Crippen LogP) is 4.28. The molecule has 1 fully saturated rings. The van der Waals surface area contributed by atoms with Gasteiger partial charge in [0.15, 0.2) is 0 Å². The molecule has 1 aromatic heterocycles. The fourth-order valence-electron chi connectivity index (χ4n) is 3.27. The molecule has 0 aliphatic carbocycles. The number of aromatic nitrogens is 1. The molecule has 3 nitrogen and oxygen atoms in total. The van der Waals surface area contributed by atoms with E-state index in [-0.39, 0.29) is 0 Å². The van der Waals surface area contributed by atoms with Gasteiger partial charge in [-0.3, -0.25) is 9.88 Å². The minimum atomic E-state index is 0.533. The number of rotatable bonds is 5. The Kier molecular flexibility index (Phi) is 5.29. The Bertz CT molecular complexity index is 592. The average Bonchev–Trinajstić information content (AvgIpc) is 2.57.